The first-order chi connectivity index (χ1) is 24.3. The highest BCUT2D eigenvalue weighted by atomic mass is 32.1. The van der Waals surface area contributed by atoms with Gasteiger partial charge in [0.2, 0.25) is 0 Å². The van der Waals surface area contributed by atoms with Gasteiger partial charge in [-0.25, -0.2) is 9.78 Å². The van der Waals surface area contributed by atoms with Gasteiger partial charge in [0.15, 0.2) is 5.69 Å². The number of aromatic amines is 1. The lowest BCUT2D eigenvalue weighted by Gasteiger charge is -2.52. The molecule has 12 heteroatoms. The number of hydrogen-bond acceptors (Lipinski definition) is 5. The Morgan fingerprint density at radius 3 is 1.92 bits per heavy atom. The van der Waals surface area contributed by atoms with Crippen LogP contribution in [0, 0.1) is 5.41 Å². The molecular formula is C39H36F3N5O3S. The van der Waals surface area contributed by atoms with Crippen molar-refractivity contribution >= 4 is 27.6 Å². The summed E-state index contributed by atoms with van der Waals surface area (Å²) in [6.45, 7) is 5.98. The van der Waals surface area contributed by atoms with Crippen molar-refractivity contribution < 1.29 is 23.1 Å². The average molecular weight is 712 g/mol. The first-order valence-electron chi connectivity index (χ1n) is 16.7. The van der Waals surface area contributed by atoms with Gasteiger partial charge in [-0.05, 0) is 47.4 Å². The van der Waals surface area contributed by atoms with Gasteiger partial charge in [0, 0.05) is 23.2 Å². The molecule has 7 rings (SSSR count). The van der Waals surface area contributed by atoms with E-state index in [4.69, 9.17) is 4.98 Å². The number of rotatable bonds is 6. The predicted octanol–water partition coefficient (Wildman–Crippen LogP) is 9.11. The van der Waals surface area contributed by atoms with Crippen molar-refractivity contribution in [1.82, 2.24) is 24.6 Å². The molecular weight excluding hydrogens is 676 g/mol. The van der Waals surface area contributed by atoms with Crippen LogP contribution in [0.1, 0.15) is 68.2 Å². The number of piperidine rings is 1. The summed E-state index contributed by atoms with van der Waals surface area (Å²) >= 11 is 0.898. The number of nitrogens with zero attached hydrogens (tertiary/aromatic N) is 4. The molecule has 1 aliphatic heterocycles. The number of benzene rings is 3. The van der Waals surface area contributed by atoms with Crippen molar-refractivity contribution in [2.75, 3.05) is 6.54 Å². The third-order valence-electron chi connectivity index (χ3n) is 10.0. The van der Waals surface area contributed by atoms with Gasteiger partial charge in [-0.1, -0.05) is 112 Å². The van der Waals surface area contributed by atoms with Crippen LogP contribution in [0.15, 0.2) is 108 Å². The van der Waals surface area contributed by atoms with E-state index >= 15 is 13.2 Å². The van der Waals surface area contributed by atoms with Crippen LogP contribution in [0.25, 0.3) is 20.7 Å². The fraction of sp³-hybridized carbons (Fsp3) is 0.282. The Kier molecular flexibility index (Phi) is 8.40. The van der Waals surface area contributed by atoms with E-state index in [2.05, 4.69) is 10.1 Å². The zero-order chi connectivity index (χ0) is 36.2. The van der Waals surface area contributed by atoms with Crippen molar-refractivity contribution in [3.63, 3.8) is 0 Å². The van der Waals surface area contributed by atoms with Gasteiger partial charge in [0.1, 0.15) is 21.6 Å². The van der Waals surface area contributed by atoms with E-state index in [1.54, 1.807) is 0 Å². The van der Waals surface area contributed by atoms with Crippen LogP contribution in [0.2, 0.25) is 0 Å². The van der Waals surface area contributed by atoms with E-state index in [9.17, 15) is 14.7 Å². The number of thiophene rings is 1. The number of alkyl halides is 3. The Labute approximate surface area is 296 Å². The molecule has 1 amide bonds. The van der Waals surface area contributed by atoms with Gasteiger partial charge in [-0.2, -0.15) is 18.3 Å². The number of halogens is 3. The van der Waals surface area contributed by atoms with Crippen LogP contribution in [0.4, 0.5) is 18.0 Å². The second-order valence-electron chi connectivity index (χ2n) is 13.9. The van der Waals surface area contributed by atoms with Gasteiger partial charge in [-0.15, -0.1) is 11.3 Å². The number of nitrogens with one attached hydrogen (secondary N) is 1. The molecule has 2 N–H and O–H groups in total. The highest BCUT2D eigenvalue weighted by Gasteiger charge is 2.53. The summed E-state index contributed by atoms with van der Waals surface area (Å²) in [6, 6.07) is 29.3. The summed E-state index contributed by atoms with van der Waals surface area (Å²) in [5.74, 6) is 0.182. The molecule has 1 aliphatic rings. The van der Waals surface area contributed by atoms with Crippen molar-refractivity contribution in [3.05, 3.63) is 142 Å². The Bertz CT molecular complexity index is 2160. The molecule has 0 unspecified atom stereocenters. The first-order valence-corrected chi connectivity index (χ1v) is 17.5. The molecule has 1 saturated heterocycles. The standard InChI is InChI=1S/C39H36F3N5O3S/c1-36(2,3)37(21-13-14-22-46(37)35(49)50)34-43-29-23-30(51-31(29)33(48)44-34)28-24-47(45-32(28)39(40,41)42)38(25-15-7-4-8-16-25,26-17-9-5-10-18-26)27-19-11-6-12-20-27/h4-12,15-20,23-24H,13-14,21-22H2,1-3H3,(H,49,50)(H,43,44,48)/t37-/m1/s1. The van der Waals surface area contributed by atoms with Gasteiger partial charge in [-0.3, -0.25) is 14.4 Å². The summed E-state index contributed by atoms with van der Waals surface area (Å²) < 4.78 is 46.7. The molecule has 0 spiro atoms. The smallest absolute Gasteiger partial charge is 0.435 e. The zero-order valence-corrected chi connectivity index (χ0v) is 29.1. The van der Waals surface area contributed by atoms with E-state index in [1.807, 2.05) is 112 Å². The maximum absolute atomic E-state index is 15.1. The van der Waals surface area contributed by atoms with E-state index < -0.39 is 40.0 Å². The maximum Gasteiger partial charge on any atom is 0.435 e. The summed E-state index contributed by atoms with van der Waals surface area (Å²) in [5, 5.41) is 14.6. The van der Waals surface area contributed by atoms with Crippen molar-refractivity contribution in [2.45, 2.75) is 57.3 Å². The number of fused-ring (bicyclic) bond motifs is 1. The molecule has 3 aromatic heterocycles. The number of hydrogen-bond donors (Lipinski definition) is 2. The lowest BCUT2D eigenvalue weighted by atomic mass is 9.67. The Morgan fingerprint density at radius 2 is 1.43 bits per heavy atom. The van der Waals surface area contributed by atoms with Crippen molar-refractivity contribution in [2.24, 2.45) is 5.41 Å². The summed E-state index contributed by atoms with van der Waals surface area (Å²) in [4.78, 5) is 35.4. The predicted molar refractivity (Wildman–Crippen MR) is 191 cm³/mol. The largest absolute Gasteiger partial charge is 0.465 e. The number of aromatic nitrogens is 4. The second-order valence-corrected chi connectivity index (χ2v) is 14.9. The van der Waals surface area contributed by atoms with E-state index in [0.29, 0.717) is 29.5 Å². The first kappa shape index (κ1) is 34.2. The van der Waals surface area contributed by atoms with Crippen molar-refractivity contribution in [3.8, 4) is 10.4 Å². The minimum atomic E-state index is -4.85. The molecule has 0 bridgehead atoms. The molecule has 0 radical (unpaired) electrons. The van der Waals surface area contributed by atoms with Gasteiger partial charge < -0.3 is 10.1 Å². The van der Waals surface area contributed by atoms with E-state index in [0.717, 1.165) is 17.8 Å². The number of carbonyl (C=O) groups is 1. The summed E-state index contributed by atoms with van der Waals surface area (Å²) in [7, 11) is 0. The number of H-pyrrole nitrogens is 1. The van der Waals surface area contributed by atoms with Crippen LogP contribution in [0.5, 0.6) is 0 Å². The van der Waals surface area contributed by atoms with Gasteiger partial charge in [0.25, 0.3) is 5.56 Å². The molecule has 3 aromatic carbocycles. The fourth-order valence-electron chi connectivity index (χ4n) is 7.76. The van der Waals surface area contributed by atoms with Crippen LogP contribution in [-0.2, 0) is 17.3 Å². The minimum Gasteiger partial charge on any atom is -0.465 e. The van der Waals surface area contributed by atoms with Crippen LogP contribution in [-0.4, -0.2) is 42.4 Å². The average Bonchev–Trinajstić information content (AvgIpc) is 3.76. The Balaban J connectivity index is 1.48. The quantitative estimate of drug-likeness (QED) is 0.168. The van der Waals surface area contributed by atoms with Crippen LogP contribution < -0.4 is 5.56 Å². The van der Waals surface area contributed by atoms with E-state index in [-0.39, 0.29) is 33.0 Å². The topological polar surface area (TPSA) is 104 Å². The highest BCUT2D eigenvalue weighted by molar-refractivity contribution is 7.22. The Morgan fingerprint density at radius 1 is 0.882 bits per heavy atom. The van der Waals surface area contributed by atoms with Crippen LogP contribution >= 0.6 is 11.3 Å². The SMILES string of the molecule is CC(C)(C)[C@]1(c2nc3cc(-c4cn(C(c5ccccc5)(c5ccccc5)c5ccccc5)nc4C(F)(F)F)sc3c(=O)[nH]2)CCCCN1C(=O)O. The summed E-state index contributed by atoms with van der Waals surface area (Å²) in [6.07, 6.45) is -2.76. The minimum absolute atomic E-state index is 0.136. The third-order valence-corrected chi connectivity index (χ3v) is 11.2. The second kappa shape index (κ2) is 12.5. The number of carboxylic acid groups (broad SMARTS) is 1. The van der Waals surface area contributed by atoms with Gasteiger partial charge >= 0.3 is 12.3 Å². The third kappa shape index (κ3) is 5.52. The lowest BCUT2D eigenvalue weighted by molar-refractivity contribution is -0.141. The molecule has 1 atom stereocenters. The molecule has 4 heterocycles. The van der Waals surface area contributed by atoms with Crippen molar-refractivity contribution in [1.29, 1.82) is 0 Å². The molecule has 8 nitrogen and oxygen atoms in total. The molecule has 1 fully saturated rings. The molecule has 0 aliphatic carbocycles. The normalized spacial score (nSPS) is 17.2. The molecule has 51 heavy (non-hydrogen) atoms. The van der Waals surface area contributed by atoms with Gasteiger partial charge in [0.05, 0.1) is 5.52 Å². The van der Waals surface area contributed by atoms with Crippen LogP contribution in [0.3, 0.4) is 0 Å². The Hall–Kier alpha value is -5.23. The molecule has 0 saturated carbocycles. The number of likely N-dealkylation sites (tertiary alicyclic amines) is 1. The monoisotopic (exact) mass is 711 g/mol. The molecule has 6 aromatic rings. The summed E-state index contributed by atoms with van der Waals surface area (Å²) in [5.41, 5.74) is -2.69. The number of amides is 1. The molecule has 262 valence electrons. The fourth-order valence-corrected chi connectivity index (χ4v) is 8.76. The highest BCUT2D eigenvalue weighted by Crippen LogP contribution is 2.50. The zero-order valence-electron chi connectivity index (χ0n) is 28.2. The lowest BCUT2D eigenvalue weighted by Crippen LogP contribution is -2.59. The van der Waals surface area contributed by atoms with E-state index in [1.165, 1.54) is 21.8 Å². The maximum atomic E-state index is 15.1.